The van der Waals surface area contributed by atoms with Gasteiger partial charge in [0.15, 0.2) is 5.82 Å². The van der Waals surface area contributed by atoms with Crippen LogP contribution in [-0.2, 0) is 14.8 Å². The van der Waals surface area contributed by atoms with E-state index in [1.807, 2.05) is 13.0 Å². The van der Waals surface area contributed by atoms with Gasteiger partial charge in [0, 0.05) is 13.3 Å². The highest BCUT2D eigenvalue weighted by Gasteiger charge is 2.12. The second kappa shape index (κ2) is 5.08. The van der Waals surface area contributed by atoms with Crippen LogP contribution in [0.4, 0.5) is 0 Å². The Balaban J connectivity index is 2.40. The van der Waals surface area contributed by atoms with Crippen LogP contribution in [0.15, 0.2) is 35.6 Å². The van der Waals surface area contributed by atoms with E-state index in [9.17, 15) is 8.42 Å². The van der Waals surface area contributed by atoms with Gasteiger partial charge in [0.05, 0.1) is 18.5 Å². The third-order valence-electron chi connectivity index (χ3n) is 2.71. The molecule has 7 nitrogen and oxygen atoms in total. The van der Waals surface area contributed by atoms with Gasteiger partial charge in [0.2, 0.25) is 10.0 Å². The molecule has 0 saturated carbocycles. The van der Waals surface area contributed by atoms with E-state index in [1.165, 1.54) is 17.1 Å². The zero-order valence-corrected chi connectivity index (χ0v) is 11.3. The lowest BCUT2D eigenvalue weighted by Gasteiger charge is -2.10. The van der Waals surface area contributed by atoms with Crippen LogP contribution in [0.5, 0.6) is 0 Å². The molecule has 0 aliphatic carbocycles. The molecule has 2 aromatic heterocycles. The van der Waals surface area contributed by atoms with Crippen molar-refractivity contribution in [2.24, 2.45) is 5.14 Å². The van der Waals surface area contributed by atoms with Crippen molar-refractivity contribution in [3.8, 4) is 5.82 Å². The summed E-state index contributed by atoms with van der Waals surface area (Å²) < 4.78 is 28.9. The summed E-state index contributed by atoms with van der Waals surface area (Å²) in [5, 5.41) is 8.96. The van der Waals surface area contributed by atoms with E-state index in [0.717, 1.165) is 5.56 Å². The third-order valence-corrected chi connectivity index (χ3v) is 3.58. The highest BCUT2D eigenvalue weighted by atomic mass is 32.2. The maximum Gasteiger partial charge on any atom is 0.241 e. The van der Waals surface area contributed by atoms with Gasteiger partial charge in [-0.1, -0.05) is 0 Å². The Morgan fingerprint density at radius 3 is 2.79 bits per heavy atom. The first-order chi connectivity index (χ1) is 8.91. The molecule has 2 N–H and O–H groups in total. The lowest BCUT2D eigenvalue weighted by atomic mass is 10.2. The van der Waals surface area contributed by atoms with Crippen molar-refractivity contribution in [2.45, 2.75) is 17.9 Å². The smallest absolute Gasteiger partial charge is 0.241 e. The summed E-state index contributed by atoms with van der Waals surface area (Å²) in [7, 11) is -2.15. The summed E-state index contributed by atoms with van der Waals surface area (Å²) in [6.45, 7) is 1.90. The first kappa shape index (κ1) is 13.7. The van der Waals surface area contributed by atoms with Crippen molar-refractivity contribution in [2.75, 3.05) is 7.11 Å². The third kappa shape index (κ3) is 2.98. The van der Waals surface area contributed by atoms with E-state index >= 15 is 0 Å². The minimum atomic E-state index is -3.76. The SMILES string of the molecule is COC(C)c1ccnc(-n2cc(S(N)(=O)=O)cn2)c1. The molecule has 0 aliphatic heterocycles. The maximum atomic E-state index is 11.2. The quantitative estimate of drug-likeness (QED) is 0.886. The van der Waals surface area contributed by atoms with Gasteiger partial charge in [-0.3, -0.25) is 0 Å². The lowest BCUT2D eigenvalue weighted by molar-refractivity contribution is 0.119. The molecule has 1 unspecified atom stereocenters. The first-order valence-corrected chi connectivity index (χ1v) is 7.03. The van der Waals surface area contributed by atoms with Crippen molar-refractivity contribution in [1.29, 1.82) is 0 Å². The van der Waals surface area contributed by atoms with Gasteiger partial charge < -0.3 is 4.74 Å². The van der Waals surface area contributed by atoms with Gasteiger partial charge in [-0.05, 0) is 24.6 Å². The number of hydrogen-bond acceptors (Lipinski definition) is 5. The molecule has 0 amide bonds. The van der Waals surface area contributed by atoms with Crippen molar-refractivity contribution >= 4 is 10.0 Å². The van der Waals surface area contributed by atoms with Crippen LogP contribution in [-0.4, -0.2) is 30.3 Å². The molecule has 1 atom stereocenters. The van der Waals surface area contributed by atoms with Gasteiger partial charge in [0.25, 0.3) is 0 Å². The number of nitrogens with zero attached hydrogens (tertiary/aromatic N) is 3. The molecular formula is C11H14N4O3S. The van der Waals surface area contributed by atoms with E-state index in [1.54, 1.807) is 19.4 Å². The first-order valence-electron chi connectivity index (χ1n) is 5.48. The minimum absolute atomic E-state index is 0.0560. The van der Waals surface area contributed by atoms with Crippen LogP contribution in [0.2, 0.25) is 0 Å². The molecule has 0 radical (unpaired) electrons. The van der Waals surface area contributed by atoms with Crippen molar-refractivity contribution in [3.05, 3.63) is 36.3 Å². The van der Waals surface area contributed by atoms with Crippen LogP contribution >= 0.6 is 0 Å². The summed E-state index contributed by atoms with van der Waals surface area (Å²) in [4.78, 5) is 4.07. The van der Waals surface area contributed by atoms with Gasteiger partial charge in [-0.2, -0.15) is 5.10 Å². The Bertz CT molecular complexity index is 681. The minimum Gasteiger partial charge on any atom is -0.377 e. The molecule has 2 heterocycles. The molecule has 0 fully saturated rings. The Morgan fingerprint density at radius 2 is 2.21 bits per heavy atom. The highest BCUT2D eigenvalue weighted by Crippen LogP contribution is 2.17. The number of nitrogens with two attached hydrogens (primary N) is 1. The predicted molar refractivity (Wildman–Crippen MR) is 68.2 cm³/mol. The van der Waals surface area contributed by atoms with Crippen molar-refractivity contribution < 1.29 is 13.2 Å². The molecule has 2 aromatic rings. The maximum absolute atomic E-state index is 11.2. The summed E-state index contributed by atoms with van der Waals surface area (Å²) >= 11 is 0. The normalized spacial score (nSPS) is 13.4. The molecule has 0 bridgehead atoms. The standard InChI is InChI=1S/C11H14N4O3S/c1-8(18-2)9-3-4-13-11(5-9)15-7-10(6-14-15)19(12,16)17/h3-8H,1-2H3,(H2,12,16,17). The summed E-state index contributed by atoms with van der Waals surface area (Å²) in [6.07, 6.45) is 4.02. The molecule has 8 heteroatoms. The molecule has 102 valence electrons. The van der Waals surface area contributed by atoms with Gasteiger partial charge >= 0.3 is 0 Å². The highest BCUT2D eigenvalue weighted by molar-refractivity contribution is 7.89. The topological polar surface area (TPSA) is 100 Å². The van der Waals surface area contributed by atoms with Crippen molar-refractivity contribution in [3.63, 3.8) is 0 Å². The summed E-state index contributed by atoms with van der Waals surface area (Å²) in [6, 6.07) is 3.59. The number of aromatic nitrogens is 3. The molecule has 19 heavy (non-hydrogen) atoms. The van der Waals surface area contributed by atoms with E-state index in [-0.39, 0.29) is 11.0 Å². The van der Waals surface area contributed by atoms with Crippen LogP contribution in [0.1, 0.15) is 18.6 Å². The van der Waals surface area contributed by atoms with E-state index in [4.69, 9.17) is 9.88 Å². The average molecular weight is 282 g/mol. The molecule has 2 rings (SSSR count). The Labute approximate surface area is 111 Å². The lowest BCUT2D eigenvalue weighted by Crippen LogP contribution is -2.11. The van der Waals surface area contributed by atoms with E-state index in [2.05, 4.69) is 10.1 Å². The van der Waals surface area contributed by atoms with E-state index in [0.29, 0.717) is 5.82 Å². The van der Waals surface area contributed by atoms with Gasteiger partial charge in [0.1, 0.15) is 4.90 Å². The zero-order valence-electron chi connectivity index (χ0n) is 10.5. The van der Waals surface area contributed by atoms with Crippen LogP contribution < -0.4 is 5.14 Å². The fourth-order valence-corrected chi connectivity index (χ4v) is 1.97. The number of rotatable bonds is 4. The Hall–Kier alpha value is -1.77. The molecular weight excluding hydrogens is 268 g/mol. The summed E-state index contributed by atoms with van der Waals surface area (Å²) in [5.41, 5.74) is 0.917. The second-order valence-electron chi connectivity index (χ2n) is 3.99. The van der Waals surface area contributed by atoms with Gasteiger partial charge in [-0.25, -0.2) is 23.2 Å². The van der Waals surface area contributed by atoms with Crippen LogP contribution in [0.3, 0.4) is 0 Å². The molecule has 0 aromatic carbocycles. The molecule has 0 spiro atoms. The number of primary sulfonamides is 1. The molecule has 0 saturated heterocycles. The Morgan fingerprint density at radius 1 is 1.47 bits per heavy atom. The van der Waals surface area contributed by atoms with Crippen LogP contribution in [0, 0.1) is 0 Å². The van der Waals surface area contributed by atoms with Crippen molar-refractivity contribution in [1.82, 2.24) is 14.8 Å². The number of hydrogen-bond donors (Lipinski definition) is 1. The largest absolute Gasteiger partial charge is 0.377 e. The summed E-state index contributed by atoms with van der Waals surface area (Å²) in [5.74, 6) is 0.497. The predicted octanol–water partition coefficient (Wildman–Crippen LogP) is 0.622. The fraction of sp³-hybridized carbons (Fsp3) is 0.273. The fourth-order valence-electron chi connectivity index (χ4n) is 1.53. The average Bonchev–Trinajstić information content (AvgIpc) is 2.87. The zero-order chi connectivity index (χ0) is 14.0. The number of sulfonamides is 1. The number of pyridine rings is 1. The van der Waals surface area contributed by atoms with E-state index < -0.39 is 10.0 Å². The second-order valence-corrected chi connectivity index (χ2v) is 5.55. The van der Waals surface area contributed by atoms with Gasteiger partial charge in [-0.15, -0.1) is 0 Å². The van der Waals surface area contributed by atoms with Crippen LogP contribution in [0.25, 0.3) is 5.82 Å². The molecule has 0 aliphatic rings. The Kier molecular flexibility index (Phi) is 3.65. The monoisotopic (exact) mass is 282 g/mol. The number of methoxy groups -OCH3 is 1. The number of ether oxygens (including phenoxy) is 1.